The van der Waals surface area contributed by atoms with Crippen LogP contribution >= 0.6 is 46.4 Å². The van der Waals surface area contributed by atoms with E-state index in [9.17, 15) is 13.2 Å². The molecular weight excluding hydrogens is 297 g/mol. The average Bonchev–Trinajstić information content (AvgIpc) is 2.09. The Hall–Kier alpha value is -0.0300. The van der Waals surface area contributed by atoms with Gasteiger partial charge in [-0.2, -0.15) is 13.2 Å². The quantitative estimate of drug-likeness (QED) is 0.535. The van der Waals surface area contributed by atoms with Gasteiger partial charge in [-0.05, 0) is 0 Å². The Bertz CT molecular complexity index is 387. The SMILES string of the molecule is Nc1c(Cl)c(Cl)c(C(F)(F)F)c(Cl)c1Cl. The van der Waals surface area contributed by atoms with Crippen molar-refractivity contribution in [1.29, 1.82) is 0 Å². The largest absolute Gasteiger partial charge is 0.419 e. The number of anilines is 1. The van der Waals surface area contributed by atoms with Crippen LogP contribution < -0.4 is 5.73 Å². The van der Waals surface area contributed by atoms with Crippen LogP contribution in [0.5, 0.6) is 0 Å². The van der Waals surface area contributed by atoms with Gasteiger partial charge in [-0.25, -0.2) is 0 Å². The number of rotatable bonds is 0. The Balaban J connectivity index is 3.68. The third-order valence-corrected chi connectivity index (χ3v) is 3.32. The van der Waals surface area contributed by atoms with Gasteiger partial charge < -0.3 is 5.73 Å². The molecule has 1 nitrogen and oxygen atoms in total. The minimum absolute atomic E-state index is 0.277. The molecule has 84 valence electrons. The zero-order valence-electron chi connectivity index (χ0n) is 6.72. The molecule has 0 aliphatic carbocycles. The maximum atomic E-state index is 12.5. The Morgan fingerprint density at radius 3 is 1.40 bits per heavy atom. The van der Waals surface area contributed by atoms with Crippen LogP contribution in [0.25, 0.3) is 0 Å². The molecule has 0 heterocycles. The maximum Gasteiger partial charge on any atom is 0.419 e. The third kappa shape index (κ3) is 2.23. The van der Waals surface area contributed by atoms with Crippen LogP contribution in [-0.4, -0.2) is 0 Å². The fourth-order valence-corrected chi connectivity index (χ4v) is 1.98. The van der Waals surface area contributed by atoms with Gasteiger partial charge in [0.15, 0.2) is 0 Å². The van der Waals surface area contributed by atoms with Crippen molar-refractivity contribution in [3.05, 3.63) is 25.7 Å². The monoisotopic (exact) mass is 297 g/mol. The predicted octanol–water partition coefficient (Wildman–Crippen LogP) is 4.90. The lowest BCUT2D eigenvalue weighted by Gasteiger charge is -2.15. The number of benzene rings is 1. The van der Waals surface area contributed by atoms with Crippen molar-refractivity contribution in [3.8, 4) is 0 Å². The lowest BCUT2D eigenvalue weighted by Crippen LogP contribution is -2.08. The molecule has 2 N–H and O–H groups in total. The number of hydrogen-bond donors (Lipinski definition) is 1. The highest BCUT2D eigenvalue weighted by molar-refractivity contribution is 6.50. The van der Waals surface area contributed by atoms with Crippen LogP contribution in [-0.2, 0) is 6.18 Å². The normalized spacial score (nSPS) is 11.9. The van der Waals surface area contributed by atoms with Gasteiger partial charge in [0.2, 0.25) is 0 Å². The van der Waals surface area contributed by atoms with E-state index in [-0.39, 0.29) is 5.69 Å². The summed E-state index contributed by atoms with van der Waals surface area (Å²) in [7, 11) is 0. The Kier molecular flexibility index (Phi) is 3.55. The molecule has 0 aliphatic heterocycles. The van der Waals surface area contributed by atoms with E-state index in [0.29, 0.717) is 0 Å². The standard InChI is InChI=1S/C7H2Cl4F3N/c8-2-1(7(12,13)14)3(9)5(11)6(15)4(2)10/h15H2. The highest BCUT2D eigenvalue weighted by Gasteiger charge is 2.38. The van der Waals surface area contributed by atoms with E-state index in [4.69, 9.17) is 52.1 Å². The van der Waals surface area contributed by atoms with Crippen molar-refractivity contribution in [2.24, 2.45) is 0 Å². The zero-order chi connectivity index (χ0) is 12.0. The van der Waals surface area contributed by atoms with E-state index in [0.717, 1.165) is 0 Å². The number of hydrogen-bond acceptors (Lipinski definition) is 1. The fourth-order valence-electron chi connectivity index (χ4n) is 0.898. The highest BCUT2D eigenvalue weighted by atomic mass is 35.5. The lowest BCUT2D eigenvalue weighted by atomic mass is 10.2. The van der Waals surface area contributed by atoms with Gasteiger partial charge in [0.1, 0.15) is 0 Å². The van der Waals surface area contributed by atoms with E-state index in [2.05, 4.69) is 0 Å². The van der Waals surface area contributed by atoms with Crippen LogP contribution in [0.4, 0.5) is 18.9 Å². The summed E-state index contributed by atoms with van der Waals surface area (Å²) >= 11 is 21.7. The van der Waals surface area contributed by atoms with E-state index < -0.39 is 31.8 Å². The summed E-state index contributed by atoms with van der Waals surface area (Å²) < 4.78 is 37.4. The molecule has 0 unspecified atom stereocenters. The molecule has 0 spiro atoms. The zero-order valence-corrected chi connectivity index (χ0v) is 9.75. The van der Waals surface area contributed by atoms with Crippen molar-refractivity contribution >= 4 is 52.1 Å². The van der Waals surface area contributed by atoms with Crippen LogP contribution in [0, 0.1) is 0 Å². The average molecular weight is 299 g/mol. The van der Waals surface area contributed by atoms with E-state index >= 15 is 0 Å². The summed E-state index contributed by atoms with van der Waals surface area (Å²) in [6.07, 6.45) is -4.74. The number of alkyl halides is 3. The molecule has 1 aromatic rings. The first-order chi connectivity index (χ1) is 6.68. The van der Waals surface area contributed by atoms with Crippen LogP contribution in [0.15, 0.2) is 0 Å². The second kappa shape index (κ2) is 4.09. The molecule has 1 rings (SSSR count). The summed E-state index contributed by atoms with van der Waals surface area (Å²) in [5.41, 5.74) is 3.74. The molecule has 8 heteroatoms. The van der Waals surface area contributed by atoms with Crippen molar-refractivity contribution in [2.75, 3.05) is 5.73 Å². The number of nitrogens with two attached hydrogens (primary N) is 1. The van der Waals surface area contributed by atoms with Crippen molar-refractivity contribution in [3.63, 3.8) is 0 Å². The maximum absolute atomic E-state index is 12.5. The molecule has 0 saturated heterocycles. The lowest BCUT2D eigenvalue weighted by molar-refractivity contribution is -0.137. The fraction of sp³-hybridized carbons (Fsp3) is 0.143. The Labute approximate surface area is 103 Å². The van der Waals surface area contributed by atoms with Gasteiger partial charge >= 0.3 is 6.18 Å². The molecule has 0 aromatic heterocycles. The van der Waals surface area contributed by atoms with Crippen LogP contribution in [0.3, 0.4) is 0 Å². The minimum atomic E-state index is -4.74. The first kappa shape index (κ1) is 13.0. The molecular formula is C7H2Cl4F3N. The Morgan fingerprint density at radius 1 is 0.800 bits per heavy atom. The van der Waals surface area contributed by atoms with E-state index in [1.807, 2.05) is 0 Å². The third-order valence-electron chi connectivity index (χ3n) is 1.58. The molecule has 1 aromatic carbocycles. The van der Waals surface area contributed by atoms with Crippen LogP contribution in [0.2, 0.25) is 20.1 Å². The Morgan fingerprint density at radius 2 is 1.13 bits per heavy atom. The predicted molar refractivity (Wildman–Crippen MR) is 55.9 cm³/mol. The van der Waals surface area contributed by atoms with Crippen molar-refractivity contribution in [2.45, 2.75) is 6.18 Å². The van der Waals surface area contributed by atoms with Gasteiger partial charge in [0.25, 0.3) is 0 Å². The van der Waals surface area contributed by atoms with E-state index in [1.165, 1.54) is 0 Å². The molecule has 0 radical (unpaired) electrons. The van der Waals surface area contributed by atoms with Gasteiger partial charge in [-0.15, -0.1) is 0 Å². The van der Waals surface area contributed by atoms with Gasteiger partial charge in [-0.3, -0.25) is 0 Å². The minimum Gasteiger partial charge on any atom is -0.396 e. The number of halogens is 7. The summed E-state index contributed by atoms with van der Waals surface area (Å²) in [6.45, 7) is 0. The molecule has 0 aliphatic rings. The molecule has 0 bridgehead atoms. The highest BCUT2D eigenvalue weighted by Crippen LogP contribution is 2.48. The van der Waals surface area contributed by atoms with Gasteiger partial charge in [0.05, 0.1) is 31.3 Å². The molecule has 0 atom stereocenters. The summed E-state index contributed by atoms with van der Waals surface area (Å²) in [6, 6.07) is 0. The summed E-state index contributed by atoms with van der Waals surface area (Å²) in [4.78, 5) is 0. The van der Waals surface area contributed by atoms with E-state index in [1.54, 1.807) is 0 Å². The van der Waals surface area contributed by atoms with Crippen LogP contribution in [0.1, 0.15) is 5.56 Å². The summed E-state index contributed by atoms with van der Waals surface area (Å²) in [5, 5.41) is -2.43. The van der Waals surface area contributed by atoms with Crippen molar-refractivity contribution in [1.82, 2.24) is 0 Å². The second-order valence-corrected chi connectivity index (χ2v) is 4.05. The molecule has 15 heavy (non-hydrogen) atoms. The van der Waals surface area contributed by atoms with Crippen molar-refractivity contribution < 1.29 is 13.2 Å². The molecule has 0 fully saturated rings. The van der Waals surface area contributed by atoms with Gasteiger partial charge in [-0.1, -0.05) is 46.4 Å². The molecule has 0 amide bonds. The topological polar surface area (TPSA) is 26.0 Å². The van der Waals surface area contributed by atoms with Gasteiger partial charge in [0, 0.05) is 0 Å². The first-order valence-electron chi connectivity index (χ1n) is 3.36. The number of nitrogen functional groups attached to an aromatic ring is 1. The smallest absolute Gasteiger partial charge is 0.396 e. The second-order valence-electron chi connectivity index (χ2n) is 2.54. The molecule has 0 saturated carbocycles. The first-order valence-corrected chi connectivity index (χ1v) is 4.87. The summed E-state index contributed by atoms with van der Waals surface area (Å²) in [5.74, 6) is 0.